The number of aromatic nitrogens is 1. The summed E-state index contributed by atoms with van der Waals surface area (Å²) in [6.45, 7) is 4.35. The number of benzene rings is 1. The quantitative estimate of drug-likeness (QED) is 0.675. The summed E-state index contributed by atoms with van der Waals surface area (Å²) in [6.07, 6.45) is 3.82. The monoisotopic (exact) mass is 460 g/mol. The molecule has 1 aromatic heterocycles. The van der Waals surface area contributed by atoms with Gasteiger partial charge in [-0.2, -0.15) is 0 Å². The van der Waals surface area contributed by atoms with E-state index in [1.165, 1.54) is 0 Å². The molecule has 1 aromatic carbocycles. The van der Waals surface area contributed by atoms with E-state index in [-0.39, 0.29) is 5.54 Å². The lowest BCUT2D eigenvalue weighted by molar-refractivity contribution is 0.238. The Hall–Kier alpha value is -1.86. The van der Waals surface area contributed by atoms with Gasteiger partial charge < -0.3 is 20.0 Å². The van der Waals surface area contributed by atoms with E-state index < -0.39 is 0 Å². The number of nitrogens with one attached hydrogen (secondary N) is 1. The van der Waals surface area contributed by atoms with Crippen LogP contribution >= 0.6 is 23.2 Å². The molecule has 0 atom stereocenters. The number of halogens is 2. The highest BCUT2D eigenvalue weighted by Crippen LogP contribution is 2.41. The molecule has 0 bridgehead atoms. The minimum atomic E-state index is -0.222. The van der Waals surface area contributed by atoms with Crippen molar-refractivity contribution in [3.63, 3.8) is 0 Å². The smallest absolute Gasteiger partial charge is 0.131 e. The number of likely N-dealkylation sites (tertiary alicyclic amines) is 1. The van der Waals surface area contributed by atoms with Gasteiger partial charge in [-0.1, -0.05) is 35.3 Å². The molecule has 0 amide bonds. The third kappa shape index (κ3) is 4.98. The molecule has 1 spiro atoms. The van der Waals surface area contributed by atoms with Gasteiger partial charge in [-0.3, -0.25) is 4.99 Å². The van der Waals surface area contributed by atoms with Gasteiger partial charge in [0.2, 0.25) is 0 Å². The fourth-order valence-electron chi connectivity index (χ4n) is 4.34. The zero-order chi connectivity index (χ0) is 22.0. The molecule has 2 aromatic rings. The first kappa shape index (κ1) is 22.3. The molecule has 2 aliphatic heterocycles. The molecule has 4 rings (SSSR count). The molecule has 0 radical (unpaired) electrons. The minimum Gasteiger partial charge on any atom is -0.370 e. The van der Waals surface area contributed by atoms with E-state index in [9.17, 15) is 0 Å². The molecule has 1 fully saturated rings. The van der Waals surface area contributed by atoms with Crippen molar-refractivity contribution in [1.82, 2.24) is 14.8 Å². The zero-order valence-electron chi connectivity index (χ0n) is 18.4. The highest BCUT2D eigenvalue weighted by Gasteiger charge is 2.45. The number of nitrogens with zero attached hydrogens (tertiary/aromatic N) is 5. The van der Waals surface area contributed by atoms with Gasteiger partial charge in [-0.05, 0) is 51.7 Å². The maximum atomic E-state index is 6.30. The van der Waals surface area contributed by atoms with E-state index in [0.29, 0.717) is 11.7 Å². The second-order valence-electron chi connectivity index (χ2n) is 8.76. The molecular weight excluding hydrogens is 431 g/mol. The van der Waals surface area contributed by atoms with E-state index in [2.05, 4.69) is 52.2 Å². The highest BCUT2D eigenvalue weighted by molar-refractivity contribution is 6.30. The number of likely N-dealkylation sites (N-methyl/N-ethyl adjacent to an activating group) is 1. The summed E-state index contributed by atoms with van der Waals surface area (Å²) in [5, 5.41) is 5.04. The number of piperidine rings is 1. The summed E-state index contributed by atoms with van der Waals surface area (Å²) >= 11 is 12.5. The summed E-state index contributed by atoms with van der Waals surface area (Å²) in [5.74, 6) is 1.08. The van der Waals surface area contributed by atoms with Gasteiger partial charge in [-0.15, -0.1) is 0 Å². The first-order valence-electron chi connectivity index (χ1n) is 10.7. The van der Waals surface area contributed by atoms with Crippen molar-refractivity contribution < 1.29 is 0 Å². The molecular formula is C23H30Cl2N6. The van der Waals surface area contributed by atoms with E-state index in [0.717, 1.165) is 66.8 Å². The minimum absolute atomic E-state index is 0.222. The fraction of sp³-hybridized carbons (Fsp3) is 0.478. The van der Waals surface area contributed by atoms with Crippen molar-refractivity contribution in [3.05, 3.63) is 52.3 Å². The molecule has 6 nitrogen and oxygen atoms in total. The van der Waals surface area contributed by atoms with E-state index in [4.69, 9.17) is 28.2 Å². The third-order valence-corrected chi connectivity index (χ3v) is 6.55. The molecule has 0 aliphatic carbocycles. The van der Waals surface area contributed by atoms with Gasteiger partial charge in [0.25, 0.3) is 0 Å². The van der Waals surface area contributed by atoms with Crippen LogP contribution in [0.15, 0.2) is 41.5 Å². The summed E-state index contributed by atoms with van der Waals surface area (Å²) in [6, 6.07) is 9.88. The molecule has 8 heteroatoms. The number of amidine groups is 1. The highest BCUT2D eigenvalue weighted by atomic mass is 35.5. The summed E-state index contributed by atoms with van der Waals surface area (Å²) < 4.78 is 0. The predicted octanol–water partition coefficient (Wildman–Crippen LogP) is 4.25. The van der Waals surface area contributed by atoms with Gasteiger partial charge in [0.1, 0.15) is 11.0 Å². The maximum absolute atomic E-state index is 6.30. The average molecular weight is 461 g/mol. The Balaban J connectivity index is 1.78. The van der Waals surface area contributed by atoms with Gasteiger partial charge in [0, 0.05) is 37.3 Å². The Kier molecular flexibility index (Phi) is 6.72. The Morgan fingerprint density at radius 3 is 2.68 bits per heavy atom. The van der Waals surface area contributed by atoms with Gasteiger partial charge in [0.05, 0.1) is 29.7 Å². The fourth-order valence-corrected chi connectivity index (χ4v) is 4.70. The van der Waals surface area contributed by atoms with Crippen molar-refractivity contribution in [2.24, 2.45) is 4.99 Å². The van der Waals surface area contributed by atoms with Crippen LogP contribution in [0.2, 0.25) is 10.2 Å². The van der Waals surface area contributed by atoms with Gasteiger partial charge in [-0.25, -0.2) is 4.98 Å². The Morgan fingerprint density at radius 2 is 1.97 bits per heavy atom. The summed E-state index contributed by atoms with van der Waals surface area (Å²) in [7, 11) is 6.37. The normalized spacial score (nSPS) is 19.7. The molecule has 1 saturated heterocycles. The number of rotatable bonds is 5. The lowest BCUT2D eigenvalue weighted by atomic mass is 9.83. The average Bonchev–Trinajstić information content (AvgIpc) is 2.73. The van der Waals surface area contributed by atoms with Crippen molar-refractivity contribution in [2.75, 3.05) is 57.5 Å². The Labute approximate surface area is 194 Å². The van der Waals surface area contributed by atoms with Crippen LogP contribution in [0, 0.1) is 0 Å². The molecule has 0 unspecified atom stereocenters. The van der Waals surface area contributed by atoms with Crippen LogP contribution in [-0.2, 0) is 6.54 Å². The van der Waals surface area contributed by atoms with Crippen molar-refractivity contribution in [3.8, 4) is 0 Å². The number of anilines is 2. The summed E-state index contributed by atoms with van der Waals surface area (Å²) in [4.78, 5) is 16.5. The van der Waals surface area contributed by atoms with Gasteiger partial charge in [0.15, 0.2) is 0 Å². The van der Waals surface area contributed by atoms with Crippen molar-refractivity contribution >= 4 is 40.4 Å². The van der Waals surface area contributed by atoms with Crippen LogP contribution < -0.4 is 10.2 Å². The lowest BCUT2D eigenvalue weighted by Gasteiger charge is -2.50. The topological polar surface area (TPSA) is 47.0 Å². The molecule has 31 heavy (non-hydrogen) atoms. The lowest BCUT2D eigenvalue weighted by Crippen LogP contribution is -2.62. The molecule has 2 aliphatic rings. The van der Waals surface area contributed by atoms with Crippen molar-refractivity contribution in [1.29, 1.82) is 0 Å². The second-order valence-corrected chi connectivity index (χ2v) is 9.58. The molecule has 0 saturated carbocycles. The Bertz CT molecular complexity index is 953. The number of aliphatic imine (C=N–C) groups is 1. The number of fused-ring (bicyclic) bond motifs is 1. The predicted molar refractivity (Wildman–Crippen MR) is 131 cm³/mol. The van der Waals surface area contributed by atoms with E-state index >= 15 is 0 Å². The van der Waals surface area contributed by atoms with Crippen LogP contribution in [0.4, 0.5) is 11.4 Å². The van der Waals surface area contributed by atoms with Crippen LogP contribution in [0.3, 0.4) is 0 Å². The SMILES string of the molecule is CN(C)CCN1/C(=N/Cc2cccc(Cl)c2)C2(CCN(C)CC2)Nc2cnc(Cl)cc21. The first-order valence-corrected chi connectivity index (χ1v) is 11.5. The number of hydrogen-bond donors (Lipinski definition) is 1. The number of hydrogen-bond acceptors (Lipinski definition) is 5. The van der Waals surface area contributed by atoms with Gasteiger partial charge >= 0.3 is 0 Å². The second kappa shape index (κ2) is 9.33. The largest absolute Gasteiger partial charge is 0.370 e. The first-order chi connectivity index (χ1) is 14.9. The van der Waals surface area contributed by atoms with E-state index in [1.807, 2.05) is 30.5 Å². The van der Waals surface area contributed by atoms with Crippen LogP contribution in [0.5, 0.6) is 0 Å². The van der Waals surface area contributed by atoms with Crippen LogP contribution in [0.25, 0.3) is 0 Å². The standard InChI is InChI=1S/C23H30Cl2N6/c1-29(2)11-12-31-20-14-21(25)26-16-19(20)28-23(7-9-30(3)10-8-23)22(31)27-15-17-5-4-6-18(24)13-17/h4-6,13-14,16,28H,7-12,15H2,1-3H3/b27-22+. The molecule has 1 N–H and O–H groups in total. The third-order valence-electron chi connectivity index (χ3n) is 6.11. The van der Waals surface area contributed by atoms with E-state index in [1.54, 1.807) is 0 Å². The van der Waals surface area contributed by atoms with Crippen LogP contribution in [-0.4, -0.2) is 73.5 Å². The molecule has 3 heterocycles. The van der Waals surface area contributed by atoms with Crippen LogP contribution in [0.1, 0.15) is 18.4 Å². The zero-order valence-corrected chi connectivity index (χ0v) is 19.9. The molecule has 166 valence electrons. The Morgan fingerprint density at radius 1 is 1.19 bits per heavy atom. The number of pyridine rings is 1. The summed E-state index contributed by atoms with van der Waals surface area (Å²) in [5.41, 5.74) is 2.94. The van der Waals surface area contributed by atoms with Crippen molar-refractivity contribution in [2.45, 2.75) is 24.9 Å². The maximum Gasteiger partial charge on any atom is 0.131 e.